The van der Waals surface area contributed by atoms with Crippen LogP contribution in [-0.4, -0.2) is 51.0 Å². The van der Waals surface area contributed by atoms with Crippen LogP contribution in [0.25, 0.3) is 10.9 Å². The molecule has 1 aliphatic heterocycles. The third-order valence-electron chi connectivity index (χ3n) is 4.05. The summed E-state index contributed by atoms with van der Waals surface area (Å²) in [5, 5.41) is 4.59. The highest BCUT2D eigenvalue weighted by atomic mass is 16.5. The van der Waals surface area contributed by atoms with Crippen LogP contribution < -0.4 is 10.2 Å². The van der Waals surface area contributed by atoms with Gasteiger partial charge in [0.05, 0.1) is 20.3 Å². The Hall–Kier alpha value is -2.05. The van der Waals surface area contributed by atoms with Crippen molar-refractivity contribution < 1.29 is 14.3 Å². The van der Waals surface area contributed by atoms with Crippen LogP contribution in [0.15, 0.2) is 24.4 Å². The summed E-state index contributed by atoms with van der Waals surface area (Å²) >= 11 is 0. The van der Waals surface area contributed by atoms with E-state index in [1.165, 1.54) is 17.6 Å². The van der Waals surface area contributed by atoms with Gasteiger partial charge in [-0.2, -0.15) is 0 Å². The lowest BCUT2D eigenvalue weighted by Crippen LogP contribution is -2.42. The maximum absolute atomic E-state index is 11.7. The summed E-state index contributed by atoms with van der Waals surface area (Å²) in [6.07, 6.45) is 2.55. The Labute approximate surface area is 129 Å². The number of aromatic nitrogens is 1. The van der Waals surface area contributed by atoms with E-state index in [0.29, 0.717) is 6.04 Å². The first-order chi connectivity index (χ1) is 10.7. The molecule has 1 amide bonds. The zero-order valence-electron chi connectivity index (χ0n) is 12.9. The average molecular weight is 303 g/mol. The van der Waals surface area contributed by atoms with Crippen molar-refractivity contribution in [3.05, 3.63) is 30.0 Å². The largest absolute Gasteiger partial charge is 0.452 e. The third kappa shape index (κ3) is 2.93. The summed E-state index contributed by atoms with van der Waals surface area (Å²) in [4.78, 5) is 16.4. The summed E-state index contributed by atoms with van der Waals surface area (Å²) in [6, 6.07) is 6.23. The first kappa shape index (κ1) is 14.9. The van der Waals surface area contributed by atoms with Crippen molar-refractivity contribution in [2.24, 2.45) is 0 Å². The number of carbonyl (C=O) groups excluding carboxylic acids is 1. The van der Waals surface area contributed by atoms with E-state index < -0.39 is 0 Å². The Balaban J connectivity index is 1.86. The minimum absolute atomic E-state index is 0.328. The van der Waals surface area contributed by atoms with E-state index in [2.05, 4.69) is 10.3 Å². The average Bonchev–Trinajstić information content (AvgIpc) is 2.96. The van der Waals surface area contributed by atoms with Gasteiger partial charge in [-0.15, -0.1) is 0 Å². The molecule has 1 aliphatic rings. The van der Waals surface area contributed by atoms with Crippen molar-refractivity contribution >= 4 is 22.7 Å². The van der Waals surface area contributed by atoms with Gasteiger partial charge in [-0.05, 0) is 30.2 Å². The molecule has 0 saturated carbocycles. The number of amides is 1. The Morgan fingerprint density at radius 1 is 1.50 bits per heavy atom. The van der Waals surface area contributed by atoms with Crippen molar-refractivity contribution in [2.75, 3.05) is 38.8 Å². The Bertz CT molecular complexity index is 662. The number of nitrogens with zero attached hydrogens (tertiary/aromatic N) is 1. The molecule has 0 bridgehead atoms. The molecule has 1 fully saturated rings. The summed E-state index contributed by atoms with van der Waals surface area (Å²) < 4.78 is 10.3. The standard InChI is InChI=1S/C16H21N3O3/c1-19(16(20)21-2)13-3-4-15-14(8-13)11(9-18-15)7-12-10-22-6-5-17-12/h3-4,8-9,12,17-18H,5-7,10H2,1-2H3/t12-/m0/s1. The molecule has 3 rings (SSSR count). The number of fused-ring (bicyclic) bond motifs is 1. The number of hydrogen-bond donors (Lipinski definition) is 2. The number of benzene rings is 1. The number of H-pyrrole nitrogens is 1. The van der Waals surface area contributed by atoms with Gasteiger partial charge < -0.3 is 19.8 Å². The molecule has 0 unspecified atom stereocenters. The molecule has 6 nitrogen and oxygen atoms in total. The van der Waals surface area contributed by atoms with Gasteiger partial charge in [-0.3, -0.25) is 4.90 Å². The smallest absolute Gasteiger partial charge is 0.413 e. The highest BCUT2D eigenvalue weighted by Crippen LogP contribution is 2.25. The molecular formula is C16H21N3O3. The Morgan fingerprint density at radius 2 is 2.36 bits per heavy atom. The Morgan fingerprint density at radius 3 is 3.09 bits per heavy atom. The summed E-state index contributed by atoms with van der Waals surface area (Å²) in [6.45, 7) is 2.40. The molecule has 1 aromatic heterocycles. The second kappa shape index (κ2) is 6.37. The molecule has 22 heavy (non-hydrogen) atoms. The van der Waals surface area contributed by atoms with Crippen LogP contribution in [0.2, 0.25) is 0 Å². The van der Waals surface area contributed by atoms with Crippen molar-refractivity contribution in [1.29, 1.82) is 0 Å². The predicted octanol–water partition coefficient (Wildman–Crippen LogP) is 1.90. The van der Waals surface area contributed by atoms with Crippen LogP contribution in [0, 0.1) is 0 Å². The Kier molecular flexibility index (Phi) is 4.31. The SMILES string of the molecule is COC(=O)N(C)c1ccc2[nH]cc(C[C@H]3COCCN3)c2c1. The van der Waals surface area contributed by atoms with E-state index in [-0.39, 0.29) is 6.09 Å². The molecule has 118 valence electrons. The lowest BCUT2D eigenvalue weighted by atomic mass is 10.0. The van der Waals surface area contributed by atoms with Gasteiger partial charge >= 0.3 is 6.09 Å². The van der Waals surface area contributed by atoms with Gasteiger partial charge in [-0.1, -0.05) is 0 Å². The number of anilines is 1. The van der Waals surface area contributed by atoms with Crippen LogP contribution in [0.3, 0.4) is 0 Å². The highest BCUT2D eigenvalue weighted by Gasteiger charge is 2.17. The number of nitrogens with one attached hydrogen (secondary N) is 2. The quantitative estimate of drug-likeness (QED) is 0.909. The predicted molar refractivity (Wildman–Crippen MR) is 85.4 cm³/mol. The maximum Gasteiger partial charge on any atom is 0.413 e. The van der Waals surface area contributed by atoms with E-state index in [9.17, 15) is 4.79 Å². The van der Waals surface area contributed by atoms with Gasteiger partial charge in [-0.25, -0.2) is 4.79 Å². The zero-order chi connectivity index (χ0) is 15.5. The molecule has 6 heteroatoms. The second-order valence-electron chi connectivity index (χ2n) is 5.50. The molecule has 2 aromatic rings. The number of aromatic amines is 1. The minimum atomic E-state index is -0.376. The number of ether oxygens (including phenoxy) is 2. The van der Waals surface area contributed by atoms with E-state index in [1.54, 1.807) is 7.05 Å². The van der Waals surface area contributed by atoms with Crippen molar-refractivity contribution in [1.82, 2.24) is 10.3 Å². The lowest BCUT2D eigenvalue weighted by molar-refractivity contribution is 0.0771. The normalized spacial score (nSPS) is 18.4. The van der Waals surface area contributed by atoms with Crippen LogP contribution in [0.5, 0.6) is 0 Å². The summed E-state index contributed by atoms with van der Waals surface area (Å²) in [5.41, 5.74) is 3.10. The van der Waals surface area contributed by atoms with Crippen LogP contribution in [-0.2, 0) is 15.9 Å². The summed E-state index contributed by atoms with van der Waals surface area (Å²) in [7, 11) is 3.09. The second-order valence-corrected chi connectivity index (χ2v) is 5.50. The molecule has 2 heterocycles. The van der Waals surface area contributed by atoms with E-state index in [4.69, 9.17) is 9.47 Å². The zero-order valence-corrected chi connectivity index (χ0v) is 12.9. The first-order valence-corrected chi connectivity index (χ1v) is 7.42. The van der Waals surface area contributed by atoms with E-state index in [1.807, 2.05) is 24.4 Å². The summed E-state index contributed by atoms with van der Waals surface area (Å²) in [5.74, 6) is 0. The molecule has 1 aromatic carbocycles. The highest BCUT2D eigenvalue weighted by molar-refractivity contribution is 5.92. The van der Waals surface area contributed by atoms with E-state index in [0.717, 1.165) is 42.8 Å². The minimum Gasteiger partial charge on any atom is -0.452 e. The number of rotatable bonds is 3. The number of hydrogen-bond acceptors (Lipinski definition) is 4. The van der Waals surface area contributed by atoms with Crippen LogP contribution in [0.1, 0.15) is 5.56 Å². The fourth-order valence-corrected chi connectivity index (χ4v) is 2.80. The fourth-order valence-electron chi connectivity index (χ4n) is 2.80. The molecule has 0 spiro atoms. The van der Waals surface area contributed by atoms with Crippen LogP contribution >= 0.6 is 0 Å². The van der Waals surface area contributed by atoms with Gasteiger partial charge in [0.2, 0.25) is 0 Å². The number of morpholine rings is 1. The molecule has 0 aliphatic carbocycles. The van der Waals surface area contributed by atoms with Crippen molar-refractivity contribution in [3.63, 3.8) is 0 Å². The first-order valence-electron chi connectivity index (χ1n) is 7.42. The number of methoxy groups -OCH3 is 1. The van der Waals surface area contributed by atoms with Gasteiger partial charge in [0.25, 0.3) is 0 Å². The molecular weight excluding hydrogens is 282 g/mol. The van der Waals surface area contributed by atoms with Gasteiger partial charge in [0.15, 0.2) is 0 Å². The molecule has 2 N–H and O–H groups in total. The van der Waals surface area contributed by atoms with Crippen LogP contribution in [0.4, 0.5) is 10.5 Å². The van der Waals surface area contributed by atoms with Gasteiger partial charge in [0.1, 0.15) is 0 Å². The van der Waals surface area contributed by atoms with Crippen molar-refractivity contribution in [3.8, 4) is 0 Å². The fraction of sp³-hybridized carbons (Fsp3) is 0.438. The lowest BCUT2D eigenvalue weighted by Gasteiger charge is -2.23. The molecule has 1 saturated heterocycles. The third-order valence-corrected chi connectivity index (χ3v) is 4.05. The molecule has 0 radical (unpaired) electrons. The topological polar surface area (TPSA) is 66.6 Å². The van der Waals surface area contributed by atoms with Gasteiger partial charge in [0, 0.05) is 42.4 Å². The monoisotopic (exact) mass is 303 g/mol. The van der Waals surface area contributed by atoms with Crippen molar-refractivity contribution in [2.45, 2.75) is 12.5 Å². The number of carbonyl (C=O) groups is 1. The van der Waals surface area contributed by atoms with E-state index >= 15 is 0 Å². The maximum atomic E-state index is 11.7. The molecule has 1 atom stereocenters.